The highest BCUT2D eigenvalue weighted by Gasteiger charge is 2.94. The molecule has 9 nitrogen and oxygen atoms in total. The third-order valence-electron chi connectivity index (χ3n) is 8.85. The molecule has 2 aliphatic carbocycles. The Morgan fingerprint density at radius 2 is 0.958 bits per heavy atom. The van der Waals surface area contributed by atoms with Crippen LogP contribution in [-0.2, 0) is 23.9 Å². The van der Waals surface area contributed by atoms with Gasteiger partial charge >= 0.3 is 24.3 Å². The van der Waals surface area contributed by atoms with E-state index in [9.17, 15) is 24.0 Å². The number of Topliss-reactive ketones (excluding diaryl/α,β-unsaturated/α-hetero) is 3. The van der Waals surface area contributed by atoms with E-state index in [0.717, 1.165) is 36.4 Å². The molecular formula is C33H28F6O9. The van der Waals surface area contributed by atoms with Crippen LogP contribution >= 0.6 is 0 Å². The number of carbonyl (C=O) groups is 5. The Morgan fingerprint density at radius 3 is 1.25 bits per heavy atom. The molecule has 256 valence electrons. The largest absolute Gasteiger partial charge is 0.478 e. The van der Waals surface area contributed by atoms with Crippen molar-refractivity contribution in [1.29, 1.82) is 0 Å². The third kappa shape index (κ3) is 6.07. The van der Waals surface area contributed by atoms with Gasteiger partial charge in [-0.25, -0.2) is 9.59 Å². The maximum Gasteiger partial charge on any atom is 0.402 e. The minimum absolute atomic E-state index is 0.488. The van der Waals surface area contributed by atoms with E-state index < -0.39 is 114 Å². The van der Waals surface area contributed by atoms with Crippen molar-refractivity contribution >= 4 is 29.3 Å². The molecule has 0 radical (unpaired) electrons. The van der Waals surface area contributed by atoms with Crippen LogP contribution in [-0.4, -0.2) is 78.3 Å². The monoisotopic (exact) mass is 682 g/mol. The molecule has 48 heavy (non-hydrogen) atoms. The standard InChI is InChI=1S/C33H28F6O9/c34-32(35,36)30(25(44)21-9-3-1-4-10-21)17-28(30,19-47-15-7-13-23(40)41)27(46)29(20-48-16-8-14-24(42)43)18-31(29,33(37,38)39)26(45)22-11-5-2-6-12-22/h1-14H,15-20H2,(H,40,41)(H,42,43). The summed E-state index contributed by atoms with van der Waals surface area (Å²) in [5, 5.41) is 17.7. The van der Waals surface area contributed by atoms with Crippen LogP contribution in [0.3, 0.4) is 0 Å². The molecule has 2 aromatic carbocycles. The van der Waals surface area contributed by atoms with Gasteiger partial charge in [0.15, 0.2) is 17.3 Å². The number of alkyl halides is 6. The summed E-state index contributed by atoms with van der Waals surface area (Å²) < 4.78 is 101. The first-order valence-electron chi connectivity index (χ1n) is 14.3. The van der Waals surface area contributed by atoms with Crippen molar-refractivity contribution in [2.24, 2.45) is 21.7 Å². The molecule has 2 saturated carbocycles. The Balaban J connectivity index is 1.89. The van der Waals surface area contributed by atoms with Crippen LogP contribution < -0.4 is 0 Å². The van der Waals surface area contributed by atoms with E-state index in [1.807, 2.05) is 0 Å². The summed E-state index contributed by atoms with van der Waals surface area (Å²) in [7, 11) is 0. The fraction of sp³-hybridized carbons (Fsp3) is 0.364. The number of aliphatic carboxylic acids is 2. The summed E-state index contributed by atoms with van der Waals surface area (Å²) in [5.41, 5.74) is -14.1. The van der Waals surface area contributed by atoms with Crippen molar-refractivity contribution in [2.45, 2.75) is 25.2 Å². The molecule has 4 atom stereocenters. The second-order valence-electron chi connectivity index (χ2n) is 11.6. The lowest BCUT2D eigenvalue weighted by atomic mass is 9.73. The minimum Gasteiger partial charge on any atom is -0.478 e. The number of benzene rings is 2. The van der Waals surface area contributed by atoms with Gasteiger partial charge in [-0.05, 0) is 12.8 Å². The highest BCUT2D eigenvalue weighted by Crippen LogP contribution is 2.81. The van der Waals surface area contributed by atoms with Gasteiger partial charge in [-0.3, -0.25) is 14.4 Å². The van der Waals surface area contributed by atoms with Crippen LogP contribution in [0.2, 0.25) is 0 Å². The maximum atomic E-state index is 15.1. The molecule has 0 spiro atoms. The van der Waals surface area contributed by atoms with Gasteiger partial charge in [-0.1, -0.05) is 72.8 Å². The van der Waals surface area contributed by atoms with Crippen LogP contribution in [0, 0.1) is 21.7 Å². The van der Waals surface area contributed by atoms with Gasteiger partial charge < -0.3 is 19.7 Å². The molecule has 0 heterocycles. The predicted molar refractivity (Wildman–Crippen MR) is 153 cm³/mol. The average molecular weight is 683 g/mol. The molecule has 2 N–H and O–H groups in total. The summed E-state index contributed by atoms with van der Waals surface area (Å²) >= 11 is 0. The Bertz CT molecular complexity index is 1520. The highest BCUT2D eigenvalue weighted by molar-refractivity contribution is 6.15. The van der Waals surface area contributed by atoms with Crippen LogP contribution in [0.25, 0.3) is 0 Å². The lowest BCUT2D eigenvalue weighted by Gasteiger charge is -2.32. The zero-order valence-electron chi connectivity index (χ0n) is 24.8. The molecule has 0 aliphatic heterocycles. The van der Waals surface area contributed by atoms with Gasteiger partial charge in [0.2, 0.25) is 0 Å². The number of hydrogen-bond donors (Lipinski definition) is 2. The number of carboxylic acid groups (broad SMARTS) is 2. The molecule has 2 aliphatic rings. The second kappa shape index (κ2) is 13.1. The Hall–Kier alpha value is -4.63. The van der Waals surface area contributed by atoms with E-state index >= 15 is 26.3 Å². The minimum atomic E-state index is -5.51. The summed E-state index contributed by atoms with van der Waals surface area (Å²) in [4.78, 5) is 63.8. The molecule has 0 aromatic heterocycles. The zero-order chi connectivity index (χ0) is 35.6. The normalized spacial score (nSPS) is 26.8. The number of hydrogen-bond acceptors (Lipinski definition) is 7. The summed E-state index contributed by atoms with van der Waals surface area (Å²) in [6.45, 7) is -3.90. The number of ether oxygens (including phenoxy) is 2. The van der Waals surface area contributed by atoms with Crippen LogP contribution in [0.4, 0.5) is 26.3 Å². The fourth-order valence-electron chi connectivity index (χ4n) is 6.47. The molecule has 0 bridgehead atoms. The SMILES string of the molecule is O=C(O)C=CCOCC1(C(=O)C2(COCC=CC(=O)O)CC2(C(=O)c2ccccc2)C(F)(F)F)CC1(C(=O)c1ccccc1)C(F)(F)F. The summed E-state index contributed by atoms with van der Waals surface area (Å²) in [5.74, 6) is -7.86. The van der Waals surface area contributed by atoms with E-state index in [-0.39, 0.29) is 0 Å². The van der Waals surface area contributed by atoms with Gasteiger partial charge in [0.1, 0.15) is 10.8 Å². The van der Waals surface area contributed by atoms with Crippen molar-refractivity contribution in [2.75, 3.05) is 26.4 Å². The quantitative estimate of drug-likeness (QED) is 0.101. The van der Waals surface area contributed by atoms with Gasteiger partial charge in [0, 0.05) is 23.3 Å². The molecule has 0 saturated heterocycles. The molecular weight excluding hydrogens is 654 g/mol. The van der Waals surface area contributed by atoms with Crippen LogP contribution in [0.15, 0.2) is 85.0 Å². The number of rotatable bonds is 16. The van der Waals surface area contributed by atoms with E-state index in [1.54, 1.807) is 0 Å². The Morgan fingerprint density at radius 1 is 0.625 bits per heavy atom. The summed E-state index contributed by atoms with van der Waals surface area (Å²) in [6.07, 6.45) is -10.8. The van der Waals surface area contributed by atoms with Crippen molar-refractivity contribution in [3.8, 4) is 0 Å². The number of halogens is 6. The van der Waals surface area contributed by atoms with E-state index in [4.69, 9.17) is 19.7 Å². The van der Waals surface area contributed by atoms with Crippen molar-refractivity contribution in [1.82, 2.24) is 0 Å². The van der Waals surface area contributed by atoms with Gasteiger partial charge in [0.05, 0.1) is 37.3 Å². The number of ketones is 3. The molecule has 2 aromatic rings. The fourth-order valence-corrected chi connectivity index (χ4v) is 6.47. The molecule has 2 fully saturated rings. The smallest absolute Gasteiger partial charge is 0.402 e. The van der Waals surface area contributed by atoms with Crippen LogP contribution in [0.5, 0.6) is 0 Å². The molecule has 0 amide bonds. The molecule has 4 unspecified atom stereocenters. The van der Waals surface area contributed by atoms with E-state index in [2.05, 4.69) is 0 Å². The lowest BCUT2D eigenvalue weighted by molar-refractivity contribution is -0.196. The first-order chi connectivity index (χ1) is 22.4. The Kier molecular flexibility index (Phi) is 9.89. The van der Waals surface area contributed by atoms with Gasteiger partial charge in [-0.15, -0.1) is 0 Å². The van der Waals surface area contributed by atoms with Crippen molar-refractivity contribution < 1.29 is 70.0 Å². The topological polar surface area (TPSA) is 144 Å². The molecule has 4 rings (SSSR count). The van der Waals surface area contributed by atoms with Gasteiger partial charge in [0.25, 0.3) is 0 Å². The number of carboxylic acids is 2. The molecule has 15 heteroatoms. The first kappa shape index (κ1) is 36.2. The van der Waals surface area contributed by atoms with Gasteiger partial charge in [-0.2, -0.15) is 26.3 Å². The zero-order valence-corrected chi connectivity index (χ0v) is 24.8. The average Bonchev–Trinajstić information content (AvgIpc) is 3.92. The van der Waals surface area contributed by atoms with E-state index in [1.165, 1.54) is 36.4 Å². The van der Waals surface area contributed by atoms with Crippen LogP contribution in [0.1, 0.15) is 33.6 Å². The summed E-state index contributed by atoms with van der Waals surface area (Å²) in [6, 6.07) is 12.0. The maximum absolute atomic E-state index is 15.1. The third-order valence-corrected chi connectivity index (χ3v) is 8.85. The van der Waals surface area contributed by atoms with Crippen molar-refractivity contribution in [3.05, 3.63) is 96.1 Å². The number of carbonyl (C=O) groups excluding carboxylic acids is 3. The van der Waals surface area contributed by atoms with Crippen molar-refractivity contribution in [3.63, 3.8) is 0 Å². The highest BCUT2D eigenvalue weighted by atomic mass is 19.4. The lowest BCUT2D eigenvalue weighted by Crippen LogP contribution is -2.50. The second-order valence-corrected chi connectivity index (χ2v) is 11.6. The Labute approximate surface area is 268 Å². The predicted octanol–water partition coefficient (Wildman–Crippen LogP) is 5.51. The van der Waals surface area contributed by atoms with E-state index in [0.29, 0.717) is 12.2 Å². The first-order valence-corrected chi connectivity index (χ1v) is 14.3.